The molecule has 0 amide bonds. The van der Waals surface area contributed by atoms with E-state index in [-0.39, 0.29) is 5.75 Å². The third-order valence-corrected chi connectivity index (χ3v) is 2.33. The van der Waals surface area contributed by atoms with Crippen LogP contribution < -0.4 is 10.1 Å². The molecule has 1 aliphatic rings. The first-order valence-corrected chi connectivity index (χ1v) is 5.11. The maximum Gasteiger partial charge on any atom is 0.387 e. The Hall–Kier alpha value is -1.23. The van der Waals surface area contributed by atoms with Gasteiger partial charge in [0.1, 0.15) is 11.6 Å². The summed E-state index contributed by atoms with van der Waals surface area (Å²) in [6.07, 6.45) is 2.24. The van der Waals surface area contributed by atoms with E-state index >= 15 is 0 Å². The zero-order valence-corrected chi connectivity index (χ0v) is 8.55. The third kappa shape index (κ3) is 3.41. The van der Waals surface area contributed by atoms with Gasteiger partial charge in [0.25, 0.3) is 0 Å². The molecule has 1 aliphatic carbocycles. The molecule has 1 aromatic carbocycles. The molecule has 16 heavy (non-hydrogen) atoms. The molecule has 1 aromatic rings. The number of ether oxygens (including phenoxy) is 1. The van der Waals surface area contributed by atoms with Gasteiger partial charge in [-0.15, -0.1) is 0 Å². The Balaban J connectivity index is 2.01. The maximum atomic E-state index is 13.1. The Labute approximate surface area is 91.4 Å². The second-order valence-corrected chi connectivity index (χ2v) is 3.83. The standard InChI is InChI=1S/C11H12F3NO/c12-8-3-7(6-15-9-1-2-9)4-10(5-8)16-11(13)14/h3-5,9,11,15H,1-2,6H2. The highest BCUT2D eigenvalue weighted by Gasteiger charge is 2.20. The number of hydrogen-bond donors (Lipinski definition) is 1. The van der Waals surface area contributed by atoms with Gasteiger partial charge in [-0.25, -0.2) is 4.39 Å². The van der Waals surface area contributed by atoms with E-state index in [9.17, 15) is 13.2 Å². The second-order valence-electron chi connectivity index (χ2n) is 3.83. The molecular formula is C11H12F3NO. The van der Waals surface area contributed by atoms with Crippen molar-refractivity contribution in [3.8, 4) is 5.75 Å². The summed E-state index contributed by atoms with van der Waals surface area (Å²) in [5.41, 5.74) is 0.613. The molecule has 2 nitrogen and oxygen atoms in total. The van der Waals surface area contributed by atoms with Crippen molar-refractivity contribution in [1.29, 1.82) is 0 Å². The first-order valence-electron chi connectivity index (χ1n) is 5.11. The van der Waals surface area contributed by atoms with Crippen LogP contribution >= 0.6 is 0 Å². The van der Waals surface area contributed by atoms with Crippen LogP contribution in [0.15, 0.2) is 18.2 Å². The monoisotopic (exact) mass is 231 g/mol. The van der Waals surface area contributed by atoms with Crippen LogP contribution in [-0.4, -0.2) is 12.7 Å². The minimum Gasteiger partial charge on any atom is -0.435 e. The van der Waals surface area contributed by atoms with Crippen molar-refractivity contribution in [2.45, 2.75) is 32.0 Å². The number of halogens is 3. The first kappa shape index (κ1) is 11.3. The van der Waals surface area contributed by atoms with E-state index < -0.39 is 12.4 Å². The normalized spacial score (nSPS) is 15.5. The van der Waals surface area contributed by atoms with Gasteiger partial charge in [-0.3, -0.25) is 0 Å². The van der Waals surface area contributed by atoms with Crippen LogP contribution in [0.25, 0.3) is 0 Å². The van der Waals surface area contributed by atoms with E-state index in [2.05, 4.69) is 10.1 Å². The van der Waals surface area contributed by atoms with Crippen LogP contribution in [0.2, 0.25) is 0 Å². The molecule has 0 saturated heterocycles. The molecule has 88 valence electrons. The van der Waals surface area contributed by atoms with Crippen LogP contribution in [0.1, 0.15) is 18.4 Å². The van der Waals surface area contributed by atoms with Crippen molar-refractivity contribution in [2.75, 3.05) is 0 Å². The fourth-order valence-electron chi connectivity index (χ4n) is 1.44. The van der Waals surface area contributed by atoms with E-state index in [1.165, 1.54) is 12.1 Å². The Kier molecular flexibility index (Phi) is 3.33. The van der Waals surface area contributed by atoms with Crippen LogP contribution in [0, 0.1) is 5.82 Å². The number of benzene rings is 1. The predicted octanol–water partition coefficient (Wildman–Crippen LogP) is 2.68. The smallest absolute Gasteiger partial charge is 0.387 e. The summed E-state index contributed by atoms with van der Waals surface area (Å²) in [5, 5.41) is 3.17. The maximum absolute atomic E-state index is 13.1. The number of rotatable bonds is 5. The molecular weight excluding hydrogens is 219 g/mol. The molecule has 1 N–H and O–H groups in total. The van der Waals surface area contributed by atoms with Gasteiger partial charge in [-0.1, -0.05) is 0 Å². The highest BCUT2D eigenvalue weighted by molar-refractivity contribution is 5.29. The van der Waals surface area contributed by atoms with Crippen LogP contribution in [0.3, 0.4) is 0 Å². The van der Waals surface area contributed by atoms with Crippen molar-refractivity contribution < 1.29 is 17.9 Å². The van der Waals surface area contributed by atoms with E-state index in [4.69, 9.17) is 0 Å². The number of alkyl halides is 2. The summed E-state index contributed by atoms with van der Waals surface area (Å²) in [6.45, 7) is -2.45. The average Bonchev–Trinajstić information content (AvgIpc) is 2.95. The summed E-state index contributed by atoms with van der Waals surface area (Å²) in [6, 6.07) is 4.17. The molecule has 5 heteroatoms. The van der Waals surface area contributed by atoms with Gasteiger partial charge in [0.05, 0.1) is 0 Å². The van der Waals surface area contributed by atoms with Gasteiger partial charge >= 0.3 is 6.61 Å². The van der Waals surface area contributed by atoms with E-state index in [0.717, 1.165) is 18.9 Å². The van der Waals surface area contributed by atoms with E-state index in [0.29, 0.717) is 18.2 Å². The fraction of sp³-hybridized carbons (Fsp3) is 0.455. The van der Waals surface area contributed by atoms with Crippen molar-refractivity contribution in [2.24, 2.45) is 0 Å². The van der Waals surface area contributed by atoms with Gasteiger partial charge in [-0.2, -0.15) is 8.78 Å². The first-order chi connectivity index (χ1) is 7.63. The minimum absolute atomic E-state index is 0.136. The van der Waals surface area contributed by atoms with Crippen LogP contribution in [0.5, 0.6) is 5.75 Å². The molecule has 0 heterocycles. The lowest BCUT2D eigenvalue weighted by Crippen LogP contribution is -2.15. The molecule has 1 saturated carbocycles. The molecule has 0 aromatic heterocycles. The molecule has 2 rings (SSSR count). The van der Waals surface area contributed by atoms with Crippen molar-refractivity contribution in [3.63, 3.8) is 0 Å². The molecule has 0 unspecified atom stereocenters. The predicted molar refractivity (Wildman–Crippen MR) is 52.9 cm³/mol. The summed E-state index contributed by atoms with van der Waals surface area (Å²) < 4.78 is 41.1. The molecule has 0 atom stereocenters. The molecule has 0 aliphatic heterocycles. The molecule has 1 fully saturated rings. The summed E-state index contributed by atoms with van der Waals surface area (Å²) in [7, 11) is 0. The largest absolute Gasteiger partial charge is 0.435 e. The summed E-state index contributed by atoms with van der Waals surface area (Å²) >= 11 is 0. The average molecular weight is 231 g/mol. The lowest BCUT2D eigenvalue weighted by atomic mass is 10.2. The Morgan fingerprint density at radius 1 is 1.31 bits per heavy atom. The Morgan fingerprint density at radius 2 is 2.06 bits per heavy atom. The fourth-order valence-corrected chi connectivity index (χ4v) is 1.44. The molecule has 0 spiro atoms. The highest BCUT2D eigenvalue weighted by Crippen LogP contribution is 2.21. The molecule has 0 radical (unpaired) electrons. The van der Waals surface area contributed by atoms with Gasteiger partial charge in [0, 0.05) is 18.7 Å². The summed E-state index contributed by atoms with van der Waals surface area (Å²) in [5.74, 6) is -0.701. The van der Waals surface area contributed by atoms with Gasteiger partial charge in [-0.05, 0) is 30.5 Å². The highest BCUT2D eigenvalue weighted by atomic mass is 19.3. The van der Waals surface area contributed by atoms with Gasteiger partial charge < -0.3 is 10.1 Å². The van der Waals surface area contributed by atoms with E-state index in [1.54, 1.807) is 0 Å². The minimum atomic E-state index is -2.92. The van der Waals surface area contributed by atoms with Crippen LogP contribution in [-0.2, 0) is 6.54 Å². The zero-order valence-electron chi connectivity index (χ0n) is 8.55. The van der Waals surface area contributed by atoms with Gasteiger partial charge in [0.2, 0.25) is 0 Å². The van der Waals surface area contributed by atoms with Crippen molar-refractivity contribution in [3.05, 3.63) is 29.6 Å². The van der Waals surface area contributed by atoms with Crippen LogP contribution in [0.4, 0.5) is 13.2 Å². The number of nitrogens with one attached hydrogen (secondary N) is 1. The topological polar surface area (TPSA) is 21.3 Å². The van der Waals surface area contributed by atoms with E-state index in [1.807, 2.05) is 0 Å². The second kappa shape index (κ2) is 4.74. The molecule has 0 bridgehead atoms. The Bertz CT molecular complexity index is 366. The quantitative estimate of drug-likeness (QED) is 0.841. The SMILES string of the molecule is Fc1cc(CNC2CC2)cc(OC(F)F)c1. The lowest BCUT2D eigenvalue weighted by Gasteiger charge is -2.08. The number of hydrogen-bond acceptors (Lipinski definition) is 2. The van der Waals surface area contributed by atoms with Crippen molar-refractivity contribution in [1.82, 2.24) is 5.32 Å². The summed E-state index contributed by atoms with van der Waals surface area (Å²) in [4.78, 5) is 0. The third-order valence-electron chi connectivity index (χ3n) is 2.33. The zero-order chi connectivity index (χ0) is 11.5. The van der Waals surface area contributed by atoms with Gasteiger partial charge in [0.15, 0.2) is 0 Å². The lowest BCUT2D eigenvalue weighted by molar-refractivity contribution is -0.0500. The van der Waals surface area contributed by atoms with Crippen molar-refractivity contribution >= 4 is 0 Å². The Morgan fingerprint density at radius 3 is 2.69 bits per heavy atom.